The summed E-state index contributed by atoms with van der Waals surface area (Å²) in [7, 11) is 0. The van der Waals surface area contributed by atoms with Gasteiger partial charge in [-0.2, -0.15) is 0 Å². The fourth-order valence-corrected chi connectivity index (χ4v) is 3.88. The molecule has 0 aromatic heterocycles. The summed E-state index contributed by atoms with van der Waals surface area (Å²) in [4.78, 5) is 30.3. The Labute approximate surface area is 166 Å². The highest BCUT2D eigenvalue weighted by molar-refractivity contribution is 6.13. The molecule has 2 amide bonds. The molecule has 0 bridgehead atoms. The van der Waals surface area contributed by atoms with Crippen LogP contribution in [0.3, 0.4) is 0 Å². The second-order valence-electron chi connectivity index (χ2n) is 7.97. The molecule has 1 aliphatic heterocycles. The van der Waals surface area contributed by atoms with E-state index in [9.17, 15) is 9.59 Å². The van der Waals surface area contributed by atoms with Crippen molar-refractivity contribution in [1.82, 2.24) is 4.90 Å². The van der Waals surface area contributed by atoms with E-state index < -0.39 is 5.41 Å². The number of para-hydroxylation sites is 1. The zero-order chi connectivity index (χ0) is 19.7. The average Bonchev–Trinajstić information content (AvgIpc) is 3.53. The first kappa shape index (κ1) is 18.5. The summed E-state index contributed by atoms with van der Waals surface area (Å²) < 4.78 is 0. The first-order chi connectivity index (χ1) is 13.5. The molecule has 0 unspecified atom stereocenters. The lowest BCUT2D eigenvalue weighted by Crippen LogP contribution is -2.52. The van der Waals surface area contributed by atoms with Crippen molar-refractivity contribution in [1.29, 1.82) is 0 Å². The first-order valence-electron chi connectivity index (χ1n) is 9.98. The molecule has 4 rings (SSSR count). The van der Waals surface area contributed by atoms with Crippen molar-refractivity contribution in [2.75, 3.05) is 36.4 Å². The molecule has 146 valence electrons. The van der Waals surface area contributed by atoms with E-state index >= 15 is 0 Å². The van der Waals surface area contributed by atoms with Crippen molar-refractivity contribution in [3.8, 4) is 0 Å². The lowest BCUT2D eigenvalue weighted by atomic mass is 10.0. The number of rotatable bonds is 4. The van der Waals surface area contributed by atoms with Crippen molar-refractivity contribution in [2.24, 2.45) is 5.41 Å². The van der Waals surface area contributed by atoms with Gasteiger partial charge < -0.3 is 15.1 Å². The van der Waals surface area contributed by atoms with Crippen LogP contribution in [0.15, 0.2) is 48.5 Å². The fraction of sp³-hybridized carbons (Fsp3) is 0.391. The quantitative estimate of drug-likeness (QED) is 0.831. The first-order valence-corrected chi connectivity index (χ1v) is 9.98. The van der Waals surface area contributed by atoms with Gasteiger partial charge >= 0.3 is 0 Å². The number of benzene rings is 2. The van der Waals surface area contributed by atoms with Crippen LogP contribution in [0.1, 0.15) is 24.0 Å². The lowest BCUT2D eigenvalue weighted by molar-refractivity contribution is -0.142. The molecular formula is C23H27N3O2. The molecule has 5 nitrogen and oxygen atoms in total. The molecule has 2 aromatic rings. The third kappa shape index (κ3) is 3.49. The molecule has 2 aromatic carbocycles. The average molecular weight is 377 g/mol. The number of hydrogen-bond acceptors (Lipinski definition) is 3. The van der Waals surface area contributed by atoms with Gasteiger partial charge in [0.1, 0.15) is 5.41 Å². The van der Waals surface area contributed by atoms with Gasteiger partial charge in [-0.15, -0.1) is 0 Å². The molecule has 5 heteroatoms. The molecule has 2 fully saturated rings. The van der Waals surface area contributed by atoms with Gasteiger partial charge in [0.05, 0.1) is 0 Å². The van der Waals surface area contributed by atoms with E-state index in [2.05, 4.69) is 22.3 Å². The second-order valence-corrected chi connectivity index (χ2v) is 7.97. The largest absolute Gasteiger partial charge is 0.368 e. The van der Waals surface area contributed by atoms with Gasteiger partial charge in [0.25, 0.3) is 0 Å². The summed E-state index contributed by atoms with van der Waals surface area (Å²) in [6.07, 6.45) is 1.28. The number of amides is 2. The van der Waals surface area contributed by atoms with E-state index in [4.69, 9.17) is 0 Å². The summed E-state index contributed by atoms with van der Waals surface area (Å²) in [6, 6.07) is 16.2. The minimum absolute atomic E-state index is 0.0111. The Kier molecular flexibility index (Phi) is 4.84. The Balaban J connectivity index is 1.40. The summed E-state index contributed by atoms with van der Waals surface area (Å²) in [5, 5.41) is 3.01. The highest BCUT2D eigenvalue weighted by Gasteiger charge is 2.58. The molecule has 1 aliphatic carbocycles. The van der Waals surface area contributed by atoms with E-state index in [1.54, 1.807) is 0 Å². The van der Waals surface area contributed by atoms with E-state index in [0.717, 1.165) is 29.9 Å². The number of carbonyl (C=O) groups is 2. The monoisotopic (exact) mass is 377 g/mol. The smallest absolute Gasteiger partial charge is 0.240 e. The van der Waals surface area contributed by atoms with Crippen molar-refractivity contribution < 1.29 is 9.59 Å². The van der Waals surface area contributed by atoms with E-state index in [0.29, 0.717) is 25.9 Å². The zero-order valence-corrected chi connectivity index (χ0v) is 16.6. The minimum atomic E-state index is -0.870. The fourth-order valence-electron chi connectivity index (χ4n) is 3.88. The molecule has 2 aliphatic rings. The molecule has 28 heavy (non-hydrogen) atoms. The second kappa shape index (κ2) is 7.30. The molecule has 0 spiro atoms. The van der Waals surface area contributed by atoms with Gasteiger partial charge in [-0.05, 0) is 56.0 Å². The summed E-state index contributed by atoms with van der Waals surface area (Å²) in [5.74, 6) is -0.167. The maximum atomic E-state index is 13.2. The maximum absolute atomic E-state index is 13.2. The molecule has 0 radical (unpaired) electrons. The van der Waals surface area contributed by atoms with Crippen molar-refractivity contribution >= 4 is 23.2 Å². The van der Waals surface area contributed by atoms with Crippen LogP contribution in [-0.2, 0) is 9.59 Å². The molecule has 1 heterocycles. The van der Waals surface area contributed by atoms with Crippen molar-refractivity contribution in [2.45, 2.75) is 26.7 Å². The Morgan fingerprint density at radius 1 is 0.929 bits per heavy atom. The van der Waals surface area contributed by atoms with E-state index in [-0.39, 0.29) is 11.8 Å². The number of nitrogens with zero attached hydrogens (tertiary/aromatic N) is 2. The summed E-state index contributed by atoms with van der Waals surface area (Å²) in [5.41, 5.74) is 3.22. The van der Waals surface area contributed by atoms with Crippen LogP contribution in [0, 0.1) is 19.3 Å². The normalized spacial score (nSPS) is 17.9. The molecule has 1 saturated carbocycles. The summed E-state index contributed by atoms with van der Waals surface area (Å²) >= 11 is 0. The van der Waals surface area contributed by atoms with Crippen LogP contribution in [0.2, 0.25) is 0 Å². The van der Waals surface area contributed by atoms with Crippen LogP contribution >= 0.6 is 0 Å². The van der Waals surface area contributed by atoms with Crippen molar-refractivity contribution in [3.63, 3.8) is 0 Å². The molecule has 1 N–H and O–H groups in total. The molecule has 0 atom stereocenters. The van der Waals surface area contributed by atoms with Gasteiger partial charge in [-0.3, -0.25) is 9.59 Å². The van der Waals surface area contributed by atoms with Gasteiger partial charge in [-0.1, -0.05) is 30.3 Å². The maximum Gasteiger partial charge on any atom is 0.240 e. The molecular weight excluding hydrogens is 350 g/mol. The Morgan fingerprint density at radius 3 is 2.25 bits per heavy atom. The van der Waals surface area contributed by atoms with Gasteiger partial charge in [0.2, 0.25) is 11.8 Å². The Bertz CT molecular complexity index is 882. The SMILES string of the molecule is Cc1ccc(C)c(NC(=O)C2(C(=O)N3CCN(c4ccccc4)CC3)CC2)c1. The number of hydrogen-bond donors (Lipinski definition) is 1. The number of piperazine rings is 1. The zero-order valence-electron chi connectivity index (χ0n) is 16.6. The standard InChI is InChI=1S/C23H27N3O2/c1-17-8-9-18(2)20(16-17)24-21(27)23(10-11-23)22(28)26-14-12-25(13-15-26)19-6-4-3-5-7-19/h3-9,16H,10-15H2,1-2H3,(H,24,27). The summed E-state index contributed by atoms with van der Waals surface area (Å²) in [6.45, 7) is 6.88. The highest BCUT2D eigenvalue weighted by Crippen LogP contribution is 2.48. The lowest BCUT2D eigenvalue weighted by Gasteiger charge is -2.37. The van der Waals surface area contributed by atoms with Gasteiger partial charge in [0, 0.05) is 37.6 Å². The number of nitrogens with one attached hydrogen (secondary N) is 1. The number of aryl methyl sites for hydroxylation is 2. The van der Waals surface area contributed by atoms with E-state index in [1.807, 2.05) is 55.1 Å². The third-order valence-corrected chi connectivity index (χ3v) is 5.92. The Hall–Kier alpha value is -2.82. The third-order valence-electron chi connectivity index (χ3n) is 5.92. The van der Waals surface area contributed by atoms with Crippen LogP contribution in [0.4, 0.5) is 11.4 Å². The van der Waals surface area contributed by atoms with Crippen molar-refractivity contribution in [3.05, 3.63) is 59.7 Å². The van der Waals surface area contributed by atoms with Crippen LogP contribution in [0.5, 0.6) is 0 Å². The van der Waals surface area contributed by atoms with Gasteiger partial charge in [-0.25, -0.2) is 0 Å². The minimum Gasteiger partial charge on any atom is -0.368 e. The van der Waals surface area contributed by atoms with Gasteiger partial charge in [0.15, 0.2) is 0 Å². The predicted octanol–water partition coefficient (Wildman–Crippen LogP) is 3.37. The van der Waals surface area contributed by atoms with E-state index in [1.165, 1.54) is 5.69 Å². The van der Waals surface area contributed by atoms with Crippen LogP contribution in [0.25, 0.3) is 0 Å². The number of anilines is 2. The number of carbonyl (C=O) groups excluding carboxylic acids is 2. The predicted molar refractivity (Wildman–Crippen MR) is 111 cm³/mol. The molecule has 1 saturated heterocycles. The van der Waals surface area contributed by atoms with Crippen LogP contribution < -0.4 is 10.2 Å². The topological polar surface area (TPSA) is 52.7 Å². The highest BCUT2D eigenvalue weighted by atomic mass is 16.2. The Morgan fingerprint density at radius 2 is 1.61 bits per heavy atom. The van der Waals surface area contributed by atoms with Crippen LogP contribution in [-0.4, -0.2) is 42.9 Å².